The number of rotatable bonds is 4. The first kappa shape index (κ1) is 11.1. The molecule has 0 radical (unpaired) electrons. The lowest BCUT2D eigenvalue weighted by molar-refractivity contribution is 0.146. The maximum Gasteiger partial charge on any atom is 0.149 e. The zero-order valence-electron chi connectivity index (χ0n) is 7.92. The zero-order valence-corrected chi connectivity index (χ0v) is 9.50. The molecule has 0 aliphatic heterocycles. The molecule has 0 unspecified atom stereocenters. The van der Waals surface area contributed by atoms with Gasteiger partial charge in [-0.05, 0) is 28.1 Å². The number of hydrogen-bond donors (Lipinski definition) is 0. The van der Waals surface area contributed by atoms with Crippen LogP contribution in [0, 0.1) is 12.3 Å². The van der Waals surface area contributed by atoms with Gasteiger partial charge < -0.3 is 9.47 Å². The molecule has 0 saturated heterocycles. The van der Waals surface area contributed by atoms with Crippen molar-refractivity contribution in [2.45, 2.75) is 0 Å². The summed E-state index contributed by atoms with van der Waals surface area (Å²) in [6.45, 7) is 1.04. The van der Waals surface area contributed by atoms with Gasteiger partial charge in [0, 0.05) is 7.11 Å². The predicted octanol–water partition coefficient (Wildman–Crippen LogP) is 2.46. The third kappa shape index (κ3) is 2.76. The Balaban J connectivity index is 2.78. The smallest absolute Gasteiger partial charge is 0.149 e. The summed E-state index contributed by atoms with van der Waals surface area (Å²) in [6, 6.07) is 5.61. The summed E-state index contributed by atoms with van der Waals surface area (Å²) in [5.41, 5.74) is 0.746. The topological polar surface area (TPSA) is 18.5 Å². The van der Waals surface area contributed by atoms with Gasteiger partial charge in [0.05, 0.1) is 16.6 Å². The molecule has 0 spiro atoms. The molecule has 0 atom stereocenters. The van der Waals surface area contributed by atoms with Crippen molar-refractivity contribution in [1.29, 1.82) is 0 Å². The summed E-state index contributed by atoms with van der Waals surface area (Å²) in [4.78, 5) is 0. The molecule has 0 aliphatic rings. The minimum Gasteiger partial charge on any atom is -0.489 e. The second-order valence-electron chi connectivity index (χ2n) is 2.60. The Bertz CT molecular complexity index is 342. The van der Waals surface area contributed by atoms with Crippen LogP contribution in [0.4, 0.5) is 0 Å². The van der Waals surface area contributed by atoms with Crippen LogP contribution in [0.25, 0.3) is 0 Å². The maximum atomic E-state index is 5.48. The second kappa shape index (κ2) is 5.69. The van der Waals surface area contributed by atoms with Crippen LogP contribution in [0.5, 0.6) is 5.75 Å². The van der Waals surface area contributed by atoms with E-state index in [9.17, 15) is 0 Å². The predicted molar refractivity (Wildman–Crippen MR) is 59.4 cm³/mol. The first-order chi connectivity index (χ1) is 6.79. The van der Waals surface area contributed by atoms with Crippen LogP contribution in [0.2, 0.25) is 0 Å². The van der Waals surface area contributed by atoms with E-state index in [1.54, 1.807) is 7.11 Å². The molecule has 0 fully saturated rings. The monoisotopic (exact) mass is 254 g/mol. The number of hydrogen-bond acceptors (Lipinski definition) is 2. The van der Waals surface area contributed by atoms with Gasteiger partial charge >= 0.3 is 0 Å². The van der Waals surface area contributed by atoms with E-state index >= 15 is 0 Å². The SMILES string of the molecule is C#Cc1cccc(Br)c1OCCOC. The van der Waals surface area contributed by atoms with Crippen molar-refractivity contribution < 1.29 is 9.47 Å². The summed E-state index contributed by atoms with van der Waals surface area (Å²) in [5, 5.41) is 0. The van der Waals surface area contributed by atoms with E-state index in [1.165, 1.54) is 0 Å². The Kier molecular flexibility index (Phi) is 4.51. The summed E-state index contributed by atoms with van der Waals surface area (Å²) in [5.74, 6) is 3.27. The molecular formula is C11H11BrO2. The highest BCUT2D eigenvalue weighted by Crippen LogP contribution is 2.28. The van der Waals surface area contributed by atoms with Crippen LogP contribution >= 0.6 is 15.9 Å². The summed E-state index contributed by atoms with van der Waals surface area (Å²) in [6.07, 6.45) is 5.34. The van der Waals surface area contributed by atoms with Crippen LogP contribution in [0.1, 0.15) is 5.56 Å². The molecule has 0 N–H and O–H groups in total. The molecule has 0 aromatic heterocycles. The van der Waals surface area contributed by atoms with E-state index in [0.29, 0.717) is 19.0 Å². The largest absolute Gasteiger partial charge is 0.489 e. The van der Waals surface area contributed by atoms with Crippen LogP contribution in [-0.4, -0.2) is 20.3 Å². The van der Waals surface area contributed by atoms with Crippen LogP contribution in [-0.2, 0) is 4.74 Å². The molecule has 0 amide bonds. The number of benzene rings is 1. The number of methoxy groups -OCH3 is 1. The molecule has 0 heterocycles. The zero-order chi connectivity index (χ0) is 10.4. The van der Waals surface area contributed by atoms with Crippen LogP contribution in [0.15, 0.2) is 22.7 Å². The number of halogens is 1. The van der Waals surface area contributed by atoms with Crippen molar-refractivity contribution in [1.82, 2.24) is 0 Å². The van der Waals surface area contributed by atoms with Gasteiger partial charge in [-0.15, -0.1) is 6.42 Å². The fraction of sp³-hybridized carbons (Fsp3) is 0.273. The molecule has 1 aromatic carbocycles. The molecule has 0 saturated carbocycles. The first-order valence-corrected chi connectivity index (χ1v) is 4.95. The van der Waals surface area contributed by atoms with Gasteiger partial charge in [-0.3, -0.25) is 0 Å². The molecule has 3 heteroatoms. The number of ether oxygens (including phenoxy) is 2. The third-order valence-corrected chi connectivity index (χ3v) is 2.28. The fourth-order valence-corrected chi connectivity index (χ4v) is 1.48. The average Bonchev–Trinajstić information content (AvgIpc) is 2.20. The van der Waals surface area contributed by atoms with Gasteiger partial charge in [-0.25, -0.2) is 0 Å². The van der Waals surface area contributed by atoms with Crippen molar-refractivity contribution in [2.75, 3.05) is 20.3 Å². The third-order valence-electron chi connectivity index (χ3n) is 1.66. The van der Waals surface area contributed by atoms with Gasteiger partial charge in [0.15, 0.2) is 0 Å². The van der Waals surface area contributed by atoms with E-state index in [0.717, 1.165) is 10.0 Å². The molecule has 1 rings (SSSR count). The van der Waals surface area contributed by atoms with E-state index in [1.807, 2.05) is 18.2 Å². The highest BCUT2D eigenvalue weighted by Gasteiger charge is 2.05. The first-order valence-electron chi connectivity index (χ1n) is 4.16. The Hall–Kier alpha value is -0.980. The minimum absolute atomic E-state index is 0.494. The van der Waals surface area contributed by atoms with Crippen LogP contribution in [0.3, 0.4) is 0 Å². The summed E-state index contributed by atoms with van der Waals surface area (Å²) < 4.78 is 11.2. The Morgan fingerprint density at radius 2 is 2.21 bits per heavy atom. The highest BCUT2D eigenvalue weighted by molar-refractivity contribution is 9.10. The van der Waals surface area contributed by atoms with Gasteiger partial charge in [0.2, 0.25) is 0 Å². The maximum absolute atomic E-state index is 5.48. The van der Waals surface area contributed by atoms with E-state index in [2.05, 4.69) is 21.9 Å². The molecule has 0 bridgehead atoms. The van der Waals surface area contributed by atoms with Crippen molar-refractivity contribution in [3.8, 4) is 18.1 Å². The van der Waals surface area contributed by atoms with Gasteiger partial charge in [0.25, 0.3) is 0 Å². The Labute approximate surface area is 92.3 Å². The van der Waals surface area contributed by atoms with Gasteiger partial charge in [-0.1, -0.05) is 12.0 Å². The Morgan fingerprint density at radius 3 is 2.86 bits per heavy atom. The lowest BCUT2D eigenvalue weighted by Crippen LogP contribution is -2.05. The van der Waals surface area contributed by atoms with Crippen molar-refractivity contribution in [3.05, 3.63) is 28.2 Å². The summed E-state index contributed by atoms with van der Waals surface area (Å²) >= 11 is 3.38. The van der Waals surface area contributed by atoms with Gasteiger partial charge in [0.1, 0.15) is 12.4 Å². The lowest BCUT2D eigenvalue weighted by atomic mass is 10.2. The van der Waals surface area contributed by atoms with Crippen molar-refractivity contribution in [2.24, 2.45) is 0 Å². The Morgan fingerprint density at radius 1 is 1.43 bits per heavy atom. The van der Waals surface area contributed by atoms with Crippen molar-refractivity contribution >= 4 is 15.9 Å². The molecule has 0 aliphatic carbocycles. The van der Waals surface area contributed by atoms with Crippen LogP contribution < -0.4 is 4.74 Å². The van der Waals surface area contributed by atoms with Gasteiger partial charge in [-0.2, -0.15) is 0 Å². The number of terminal acetylenes is 1. The highest BCUT2D eigenvalue weighted by atomic mass is 79.9. The normalized spacial score (nSPS) is 9.50. The standard InChI is InChI=1S/C11H11BrO2/c1-3-9-5-4-6-10(12)11(9)14-8-7-13-2/h1,4-6H,7-8H2,2H3. The number of para-hydroxylation sites is 1. The molecule has 14 heavy (non-hydrogen) atoms. The van der Waals surface area contributed by atoms with E-state index in [-0.39, 0.29) is 0 Å². The minimum atomic E-state index is 0.494. The van der Waals surface area contributed by atoms with E-state index in [4.69, 9.17) is 15.9 Å². The fourth-order valence-electron chi connectivity index (χ4n) is 0.996. The quantitative estimate of drug-likeness (QED) is 0.607. The average molecular weight is 255 g/mol. The van der Waals surface area contributed by atoms with Crippen molar-refractivity contribution in [3.63, 3.8) is 0 Å². The lowest BCUT2D eigenvalue weighted by Gasteiger charge is -2.09. The summed E-state index contributed by atoms with van der Waals surface area (Å²) in [7, 11) is 1.63. The molecular weight excluding hydrogens is 244 g/mol. The van der Waals surface area contributed by atoms with E-state index < -0.39 is 0 Å². The molecule has 74 valence electrons. The molecule has 2 nitrogen and oxygen atoms in total. The molecule has 1 aromatic rings. The second-order valence-corrected chi connectivity index (χ2v) is 3.46.